The van der Waals surface area contributed by atoms with Crippen LogP contribution in [0.1, 0.15) is 17.0 Å². The third-order valence-corrected chi connectivity index (χ3v) is 6.03. The minimum absolute atomic E-state index is 0.415. The molecule has 0 aliphatic carbocycles. The maximum atomic E-state index is 5.82. The fourth-order valence-electron chi connectivity index (χ4n) is 2.16. The molecule has 1 aliphatic heterocycles. The lowest BCUT2D eigenvalue weighted by Gasteiger charge is -2.23. The van der Waals surface area contributed by atoms with Gasteiger partial charge in [0.1, 0.15) is 4.99 Å². The van der Waals surface area contributed by atoms with E-state index in [1.165, 1.54) is 17.3 Å². The van der Waals surface area contributed by atoms with Gasteiger partial charge >= 0.3 is 0 Å². The summed E-state index contributed by atoms with van der Waals surface area (Å²) in [5, 5.41) is 4.16. The predicted octanol–water partition coefficient (Wildman–Crippen LogP) is 2.59. The van der Waals surface area contributed by atoms with Crippen molar-refractivity contribution in [2.24, 2.45) is 5.73 Å². The molecule has 104 valence electrons. The van der Waals surface area contributed by atoms with Crippen molar-refractivity contribution >= 4 is 46.4 Å². The second-order valence-electron chi connectivity index (χ2n) is 4.58. The Kier molecular flexibility index (Phi) is 5.36. The van der Waals surface area contributed by atoms with Gasteiger partial charge in [-0.15, -0.1) is 0 Å². The van der Waals surface area contributed by atoms with Gasteiger partial charge in [0, 0.05) is 46.1 Å². The van der Waals surface area contributed by atoms with E-state index in [0.717, 1.165) is 29.2 Å². The largest absolute Gasteiger partial charge is 0.389 e. The average Bonchev–Trinajstić information content (AvgIpc) is 2.36. The van der Waals surface area contributed by atoms with Crippen molar-refractivity contribution in [3.63, 3.8) is 0 Å². The van der Waals surface area contributed by atoms with E-state index in [0.29, 0.717) is 10.2 Å². The number of aryl methyl sites for hydroxylation is 2. The number of aromatic nitrogens is 1. The Morgan fingerprint density at radius 2 is 2.32 bits per heavy atom. The molecule has 0 bridgehead atoms. The molecule has 0 saturated carbocycles. The summed E-state index contributed by atoms with van der Waals surface area (Å²) in [6, 6.07) is 2.03. The third-order valence-electron chi connectivity index (χ3n) is 2.98. The lowest BCUT2D eigenvalue weighted by Crippen LogP contribution is -2.25. The highest BCUT2D eigenvalue weighted by Crippen LogP contribution is 2.25. The molecule has 1 aliphatic rings. The first kappa shape index (κ1) is 14.9. The SMILES string of the molecule is Cc1cc(NCC2CSCCS2)c(C(N)=S)c(C)n1. The van der Waals surface area contributed by atoms with Crippen LogP contribution in [0.15, 0.2) is 6.07 Å². The smallest absolute Gasteiger partial charge is 0.107 e. The molecule has 1 atom stereocenters. The molecule has 1 fully saturated rings. The Labute approximate surface area is 128 Å². The molecule has 2 heterocycles. The number of rotatable bonds is 4. The molecule has 0 spiro atoms. The predicted molar refractivity (Wildman–Crippen MR) is 91.7 cm³/mol. The molecule has 0 aromatic carbocycles. The molecule has 6 heteroatoms. The number of pyridine rings is 1. The number of nitrogens with one attached hydrogen (secondary N) is 1. The molecule has 19 heavy (non-hydrogen) atoms. The summed E-state index contributed by atoms with van der Waals surface area (Å²) in [6.07, 6.45) is 0. The van der Waals surface area contributed by atoms with Gasteiger partial charge in [0.15, 0.2) is 0 Å². The standard InChI is InChI=1S/C13H19N3S3/c1-8-5-11(12(13(14)17)9(2)16-8)15-6-10-7-18-3-4-19-10/h5,10H,3-4,6-7H2,1-2H3,(H2,14,17)(H,15,16). The molecule has 3 N–H and O–H groups in total. The van der Waals surface area contributed by atoms with E-state index < -0.39 is 0 Å². The summed E-state index contributed by atoms with van der Waals surface area (Å²) < 4.78 is 0. The van der Waals surface area contributed by atoms with Gasteiger partial charge in [0.25, 0.3) is 0 Å². The van der Waals surface area contributed by atoms with Crippen LogP contribution in [-0.2, 0) is 0 Å². The number of anilines is 1. The minimum atomic E-state index is 0.415. The second kappa shape index (κ2) is 6.81. The molecule has 0 radical (unpaired) electrons. The van der Waals surface area contributed by atoms with Crippen LogP contribution in [0.2, 0.25) is 0 Å². The van der Waals surface area contributed by atoms with Gasteiger partial charge in [-0.3, -0.25) is 4.98 Å². The van der Waals surface area contributed by atoms with Gasteiger partial charge in [0.2, 0.25) is 0 Å². The van der Waals surface area contributed by atoms with Crippen LogP contribution in [0.25, 0.3) is 0 Å². The van der Waals surface area contributed by atoms with E-state index in [9.17, 15) is 0 Å². The Bertz CT molecular complexity index is 470. The van der Waals surface area contributed by atoms with Gasteiger partial charge in [-0.05, 0) is 19.9 Å². The van der Waals surface area contributed by atoms with Crippen molar-refractivity contribution in [1.29, 1.82) is 0 Å². The Morgan fingerprint density at radius 1 is 1.53 bits per heavy atom. The Morgan fingerprint density at radius 3 is 2.95 bits per heavy atom. The van der Waals surface area contributed by atoms with Crippen molar-refractivity contribution in [3.05, 3.63) is 23.0 Å². The van der Waals surface area contributed by atoms with Crippen LogP contribution in [0.5, 0.6) is 0 Å². The Balaban J connectivity index is 2.12. The third kappa shape index (κ3) is 4.00. The van der Waals surface area contributed by atoms with Crippen molar-refractivity contribution < 1.29 is 0 Å². The van der Waals surface area contributed by atoms with Crippen LogP contribution in [-0.4, -0.2) is 39.0 Å². The second-order valence-corrected chi connectivity index (χ2v) is 7.58. The molecular weight excluding hydrogens is 294 g/mol. The van der Waals surface area contributed by atoms with E-state index >= 15 is 0 Å². The fraction of sp³-hybridized carbons (Fsp3) is 0.538. The van der Waals surface area contributed by atoms with Crippen LogP contribution < -0.4 is 11.1 Å². The molecule has 1 saturated heterocycles. The first-order chi connectivity index (χ1) is 9.08. The number of hydrogen-bond donors (Lipinski definition) is 2. The lowest BCUT2D eigenvalue weighted by molar-refractivity contribution is 0.997. The van der Waals surface area contributed by atoms with Crippen LogP contribution in [0.4, 0.5) is 5.69 Å². The molecule has 2 rings (SSSR count). The zero-order valence-corrected chi connectivity index (χ0v) is 13.7. The zero-order valence-electron chi connectivity index (χ0n) is 11.2. The summed E-state index contributed by atoms with van der Waals surface area (Å²) in [5.74, 6) is 3.73. The molecular formula is C13H19N3S3. The number of nitrogens with two attached hydrogens (primary N) is 1. The molecule has 1 unspecified atom stereocenters. The van der Waals surface area contributed by atoms with E-state index in [4.69, 9.17) is 18.0 Å². The van der Waals surface area contributed by atoms with Gasteiger partial charge in [0.05, 0.1) is 5.56 Å². The summed E-state index contributed by atoms with van der Waals surface area (Å²) >= 11 is 9.21. The Hall–Kier alpha value is -0.460. The van der Waals surface area contributed by atoms with E-state index in [1.54, 1.807) is 0 Å². The number of thioether (sulfide) groups is 2. The first-order valence-electron chi connectivity index (χ1n) is 6.29. The van der Waals surface area contributed by atoms with Crippen LogP contribution >= 0.6 is 35.7 Å². The molecule has 1 aromatic heterocycles. The first-order valence-corrected chi connectivity index (χ1v) is 8.90. The lowest BCUT2D eigenvalue weighted by atomic mass is 10.1. The zero-order chi connectivity index (χ0) is 13.8. The van der Waals surface area contributed by atoms with Gasteiger partial charge in [-0.1, -0.05) is 12.2 Å². The van der Waals surface area contributed by atoms with Gasteiger partial charge in [-0.25, -0.2) is 0 Å². The summed E-state index contributed by atoms with van der Waals surface area (Å²) in [7, 11) is 0. The van der Waals surface area contributed by atoms with Crippen molar-refractivity contribution in [2.75, 3.05) is 29.1 Å². The monoisotopic (exact) mass is 313 g/mol. The highest BCUT2D eigenvalue weighted by molar-refractivity contribution is 8.06. The van der Waals surface area contributed by atoms with Gasteiger partial charge < -0.3 is 11.1 Å². The summed E-state index contributed by atoms with van der Waals surface area (Å²) in [6.45, 7) is 4.90. The summed E-state index contributed by atoms with van der Waals surface area (Å²) in [4.78, 5) is 4.85. The number of nitrogens with zero attached hydrogens (tertiary/aromatic N) is 1. The highest BCUT2D eigenvalue weighted by atomic mass is 32.2. The van der Waals surface area contributed by atoms with Crippen LogP contribution in [0, 0.1) is 13.8 Å². The van der Waals surface area contributed by atoms with E-state index in [2.05, 4.69) is 10.3 Å². The van der Waals surface area contributed by atoms with E-state index in [-0.39, 0.29) is 0 Å². The minimum Gasteiger partial charge on any atom is -0.389 e. The normalized spacial score (nSPS) is 19.2. The van der Waals surface area contributed by atoms with E-state index in [1.807, 2.05) is 43.4 Å². The maximum absolute atomic E-state index is 5.82. The van der Waals surface area contributed by atoms with Gasteiger partial charge in [-0.2, -0.15) is 23.5 Å². The average molecular weight is 314 g/mol. The number of hydrogen-bond acceptors (Lipinski definition) is 5. The quantitative estimate of drug-likeness (QED) is 0.833. The number of thiocarbonyl (C=S) groups is 1. The summed E-state index contributed by atoms with van der Waals surface area (Å²) in [5.41, 5.74) is 9.62. The van der Waals surface area contributed by atoms with Crippen LogP contribution in [0.3, 0.4) is 0 Å². The van der Waals surface area contributed by atoms with Crippen molar-refractivity contribution in [1.82, 2.24) is 4.98 Å². The molecule has 1 aromatic rings. The molecule has 3 nitrogen and oxygen atoms in total. The maximum Gasteiger partial charge on any atom is 0.107 e. The molecule has 0 amide bonds. The fourth-order valence-corrected chi connectivity index (χ4v) is 5.03. The van der Waals surface area contributed by atoms with Crippen molar-refractivity contribution in [2.45, 2.75) is 19.1 Å². The topological polar surface area (TPSA) is 50.9 Å². The highest BCUT2D eigenvalue weighted by Gasteiger charge is 2.16. The van der Waals surface area contributed by atoms with Crippen molar-refractivity contribution in [3.8, 4) is 0 Å².